The van der Waals surface area contributed by atoms with Gasteiger partial charge in [0.2, 0.25) is 0 Å². The highest BCUT2D eigenvalue weighted by atomic mass is 127. The van der Waals surface area contributed by atoms with E-state index in [1.54, 1.807) is 0 Å². The molecule has 0 saturated carbocycles. The van der Waals surface area contributed by atoms with E-state index in [9.17, 15) is 0 Å². The fourth-order valence-electron chi connectivity index (χ4n) is 2.58. The van der Waals surface area contributed by atoms with Crippen LogP contribution in [0.5, 0.6) is 0 Å². The van der Waals surface area contributed by atoms with E-state index in [1.165, 1.54) is 11.3 Å². The van der Waals surface area contributed by atoms with Gasteiger partial charge in [0.05, 0.1) is 0 Å². The van der Waals surface area contributed by atoms with Crippen LogP contribution in [0.25, 0.3) is 0 Å². The molecule has 2 N–H and O–H groups in total. The molecule has 1 aromatic carbocycles. The SMILES string of the molecule is CCOCCCCNC(=NC)NCCN(CC)c1ccccc1C.I. The summed E-state index contributed by atoms with van der Waals surface area (Å²) in [6, 6.07) is 8.53. The standard InChI is InChI=1S/C19H34N4O.HI/c1-5-23(18-12-8-7-11-17(18)3)15-14-22-19(20-4)21-13-9-10-16-24-6-2;/h7-8,11-12H,5-6,9-10,13-16H2,1-4H3,(H2,20,21,22);1H. The quantitative estimate of drug-likeness (QED) is 0.229. The first-order chi connectivity index (χ1) is 11.7. The number of ether oxygens (including phenoxy) is 1. The number of halogens is 1. The Bertz CT molecular complexity index is 482. The second-order valence-corrected chi connectivity index (χ2v) is 5.70. The van der Waals surface area contributed by atoms with Crippen molar-refractivity contribution in [3.8, 4) is 0 Å². The van der Waals surface area contributed by atoms with Gasteiger partial charge in [0.25, 0.3) is 0 Å². The van der Waals surface area contributed by atoms with Gasteiger partial charge in [-0.2, -0.15) is 0 Å². The number of unbranched alkanes of at least 4 members (excludes halogenated alkanes) is 1. The van der Waals surface area contributed by atoms with E-state index in [0.29, 0.717) is 0 Å². The van der Waals surface area contributed by atoms with Crippen LogP contribution in [0.4, 0.5) is 5.69 Å². The summed E-state index contributed by atoms with van der Waals surface area (Å²) in [7, 11) is 1.81. The van der Waals surface area contributed by atoms with Crippen molar-refractivity contribution in [2.45, 2.75) is 33.6 Å². The predicted molar refractivity (Wildman–Crippen MR) is 120 cm³/mol. The van der Waals surface area contributed by atoms with Gasteiger partial charge < -0.3 is 20.3 Å². The van der Waals surface area contributed by atoms with Gasteiger partial charge in [-0.1, -0.05) is 18.2 Å². The van der Waals surface area contributed by atoms with Crippen LogP contribution >= 0.6 is 24.0 Å². The molecule has 0 aliphatic carbocycles. The highest BCUT2D eigenvalue weighted by molar-refractivity contribution is 14.0. The van der Waals surface area contributed by atoms with Crippen LogP contribution in [-0.2, 0) is 4.74 Å². The maximum Gasteiger partial charge on any atom is 0.191 e. The molecule has 0 unspecified atom stereocenters. The molecular formula is C19H35IN4O. The number of guanidine groups is 1. The second kappa shape index (κ2) is 15.3. The number of aliphatic imine (C=N–C) groups is 1. The van der Waals surface area contributed by atoms with Crippen molar-refractivity contribution in [3.63, 3.8) is 0 Å². The average molecular weight is 462 g/mol. The van der Waals surface area contributed by atoms with Gasteiger partial charge in [0, 0.05) is 52.1 Å². The summed E-state index contributed by atoms with van der Waals surface area (Å²) in [5.41, 5.74) is 2.62. The van der Waals surface area contributed by atoms with Crippen molar-refractivity contribution in [1.82, 2.24) is 10.6 Å². The zero-order chi connectivity index (χ0) is 17.6. The van der Waals surface area contributed by atoms with Gasteiger partial charge >= 0.3 is 0 Å². The van der Waals surface area contributed by atoms with Gasteiger partial charge in [0.15, 0.2) is 5.96 Å². The van der Waals surface area contributed by atoms with Crippen LogP contribution in [0.1, 0.15) is 32.3 Å². The molecular weight excluding hydrogens is 427 g/mol. The predicted octanol–water partition coefficient (Wildman–Crippen LogP) is 3.42. The lowest BCUT2D eigenvalue weighted by molar-refractivity contribution is 0.143. The fraction of sp³-hybridized carbons (Fsp3) is 0.632. The molecule has 0 fully saturated rings. The van der Waals surface area contributed by atoms with E-state index >= 15 is 0 Å². The topological polar surface area (TPSA) is 48.9 Å². The Morgan fingerprint density at radius 2 is 1.84 bits per heavy atom. The number of rotatable bonds is 11. The molecule has 0 atom stereocenters. The van der Waals surface area contributed by atoms with E-state index in [4.69, 9.17) is 4.74 Å². The van der Waals surface area contributed by atoms with Crippen molar-refractivity contribution in [3.05, 3.63) is 29.8 Å². The van der Waals surface area contributed by atoms with Crippen LogP contribution in [0.15, 0.2) is 29.3 Å². The number of anilines is 1. The zero-order valence-electron chi connectivity index (χ0n) is 16.2. The molecule has 1 aromatic rings. The van der Waals surface area contributed by atoms with Crippen molar-refractivity contribution >= 4 is 35.6 Å². The van der Waals surface area contributed by atoms with Crippen LogP contribution in [0.3, 0.4) is 0 Å². The van der Waals surface area contributed by atoms with Crippen LogP contribution in [0, 0.1) is 6.92 Å². The van der Waals surface area contributed by atoms with E-state index in [1.807, 2.05) is 14.0 Å². The van der Waals surface area contributed by atoms with Crippen molar-refractivity contribution in [2.75, 3.05) is 51.3 Å². The Labute approximate surface area is 170 Å². The summed E-state index contributed by atoms with van der Waals surface area (Å²) in [6.07, 6.45) is 2.17. The Kier molecular flexibility index (Phi) is 14.6. The van der Waals surface area contributed by atoms with E-state index < -0.39 is 0 Å². The highest BCUT2D eigenvalue weighted by Crippen LogP contribution is 2.18. The third-order valence-electron chi connectivity index (χ3n) is 3.95. The Morgan fingerprint density at radius 1 is 1.12 bits per heavy atom. The molecule has 0 spiro atoms. The monoisotopic (exact) mass is 462 g/mol. The molecule has 0 aliphatic heterocycles. The Balaban J connectivity index is 0.00000576. The molecule has 0 heterocycles. The molecule has 25 heavy (non-hydrogen) atoms. The van der Waals surface area contributed by atoms with Crippen molar-refractivity contribution in [2.24, 2.45) is 4.99 Å². The summed E-state index contributed by atoms with van der Waals surface area (Å²) in [4.78, 5) is 6.67. The van der Waals surface area contributed by atoms with Crippen molar-refractivity contribution < 1.29 is 4.74 Å². The minimum Gasteiger partial charge on any atom is -0.382 e. The molecule has 144 valence electrons. The molecule has 0 aromatic heterocycles. The summed E-state index contributed by atoms with van der Waals surface area (Å²) in [6.45, 7) is 11.7. The summed E-state index contributed by atoms with van der Waals surface area (Å²) < 4.78 is 5.34. The van der Waals surface area contributed by atoms with E-state index in [-0.39, 0.29) is 24.0 Å². The third kappa shape index (κ3) is 9.89. The summed E-state index contributed by atoms with van der Waals surface area (Å²) in [5, 5.41) is 6.75. The number of hydrogen-bond acceptors (Lipinski definition) is 3. The molecule has 5 nitrogen and oxygen atoms in total. The minimum absolute atomic E-state index is 0. The first-order valence-corrected chi connectivity index (χ1v) is 9.05. The third-order valence-corrected chi connectivity index (χ3v) is 3.95. The maximum absolute atomic E-state index is 5.34. The largest absolute Gasteiger partial charge is 0.382 e. The molecule has 0 aliphatic rings. The Hall–Kier alpha value is -1.02. The maximum atomic E-state index is 5.34. The lowest BCUT2D eigenvalue weighted by Crippen LogP contribution is -2.42. The van der Waals surface area contributed by atoms with Gasteiger partial charge in [-0.05, 0) is 45.2 Å². The zero-order valence-corrected chi connectivity index (χ0v) is 18.5. The smallest absolute Gasteiger partial charge is 0.191 e. The molecule has 0 radical (unpaired) electrons. The lowest BCUT2D eigenvalue weighted by Gasteiger charge is -2.25. The number of aryl methyl sites for hydroxylation is 1. The number of benzene rings is 1. The molecule has 0 bridgehead atoms. The van der Waals surface area contributed by atoms with Crippen LogP contribution in [-0.4, -0.2) is 52.4 Å². The normalized spacial score (nSPS) is 11.0. The number of para-hydroxylation sites is 1. The molecule has 0 saturated heterocycles. The van der Waals surface area contributed by atoms with Gasteiger partial charge in [-0.25, -0.2) is 0 Å². The number of hydrogen-bond donors (Lipinski definition) is 2. The van der Waals surface area contributed by atoms with Crippen LogP contribution < -0.4 is 15.5 Å². The number of nitrogens with zero attached hydrogens (tertiary/aromatic N) is 2. The molecule has 6 heteroatoms. The fourth-order valence-corrected chi connectivity index (χ4v) is 2.58. The van der Waals surface area contributed by atoms with E-state index in [2.05, 4.69) is 58.6 Å². The first kappa shape index (κ1) is 24.0. The summed E-state index contributed by atoms with van der Waals surface area (Å²) in [5.74, 6) is 0.868. The van der Waals surface area contributed by atoms with Crippen molar-refractivity contribution in [1.29, 1.82) is 0 Å². The van der Waals surface area contributed by atoms with Gasteiger partial charge in [-0.3, -0.25) is 4.99 Å². The van der Waals surface area contributed by atoms with Gasteiger partial charge in [-0.15, -0.1) is 24.0 Å². The molecule has 0 amide bonds. The second-order valence-electron chi connectivity index (χ2n) is 5.70. The summed E-state index contributed by atoms with van der Waals surface area (Å²) >= 11 is 0. The van der Waals surface area contributed by atoms with Gasteiger partial charge in [0.1, 0.15) is 0 Å². The Morgan fingerprint density at radius 3 is 2.48 bits per heavy atom. The number of nitrogens with one attached hydrogen (secondary N) is 2. The highest BCUT2D eigenvalue weighted by Gasteiger charge is 2.06. The minimum atomic E-state index is 0. The first-order valence-electron chi connectivity index (χ1n) is 9.05. The van der Waals surface area contributed by atoms with Crippen LogP contribution in [0.2, 0.25) is 0 Å². The number of likely N-dealkylation sites (N-methyl/N-ethyl adjacent to an activating group) is 1. The molecule has 1 rings (SSSR count). The van der Waals surface area contributed by atoms with E-state index in [0.717, 1.165) is 58.2 Å². The lowest BCUT2D eigenvalue weighted by atomic mass is 10.2. The average Bonchev–Trinajstić information content (AvgIpc) is 2.60.